The van der Waals surface area contributed by atoms with Gasteiger partial charge >= 0.3 is 6.18 Å². The van der Waals surface area contributed by atoms with Gasteiger partial charge in [-0.1, -0.05) is 19.3 Å². The lowest BCUT2D eigenvalue weighted by atomic mass is 9.80. The van der Waals surface area contributed by atoms with Crippen LogP contribution in [0.4, 0.5) is 13.2 Å². The summed E-state index contributed by atoms with van der Waals surface area (Å²) in [4.78, 5) is 32.9. The summed E-state index contributed by atoms with van der Waals surface area (Å²) in [5.74, 6) is -1.83. The molecule has 2 N–H and O–H groups in total. The second-order valence-electron chi connectivity index (χ2n) is 7.96. The monoisotopic (exact) mass is 440 g/mol. The fourth-order valence-corrected chi connectivity index (χ4v) is 4.15. The van der Waals surface area contributed by atoms with Gasteiger partial charge in [-0.25, -0.2) is 9.50 Å². The first-order valence-electron chi connectivity index (χ1n) is 10.5. The lowest BCUT2D eigenvalue weighted by Gasteiger charge is -2.36. The molecule has 0 unspecified atom stereocenters. The molecule has 1 saturated carbocycles. The van der Waals surface area contributed by atoms with Crippen LogP contribution < -0.4 is 10.6 Å². The van der Waals surface area contributed by atoms with Crippen molar-refractivity contribution < 1.29 is 22.8 Å². The fourth-order valence-electron chi connectivity index (χ4n) is 4.15. The number of alkyl halides is 3. The Morgan fingerprint density at radius 3 is 2.42 bits per heavy atom. The molecule has 170 valence electrons. The minimum absolute atomic E-state index is 0.0802. The molecule has 11 heteroatoms. The Hall–Kier alpha value is -2.72. The highest BCUT2D eigenvalue weighted by Crippen LogP contribution is 2.29. The number of hydrogen-bond donors (Lipinski definition) is 2. The van der Waals surface area contributed by atoms with Crippen molar-refractivity contribution in [1.82, 2.24) is 30.2 Å². The average Bonchev–Trinajstić information content (AvgIpc) is 3.13. The topological polar surface area (TPSA) is 101 Å². The first kappa shape index (κ1) is 23.0. The van der Waals surface area contributed by atoms with E-state index in [4.69, 9.17) is 0 Å². The van der Waals surface area contributed by atoms with Gasteiger partial charge in [0.2, 0.25) is 11.8 Å². The van der Waals surface area contributed by atoms with Crippen LogP contribution >= 0.6 is 0 Å². The molecular weight excluding hydrogens is 413 g/mol. The van der Waals surface area contributed by atoms with Gasteiger partial charge in [-0.05, 0) is 45.6 Å². The van der Waals surface area contributed by atoms with Gasteiger partial charge in [-0.3, -0.25) is 9.59 Å². The van der Waals surface area contributed by atoms with E-state index in [0.717, 1.165) is 23.8 Å². The number of nitrogens with one attached hydrogen (secondary N) is 2. The standard InChI is InChI=1S/C20H27F3N6O2/c1-4-24-17(31)19(10-6-5-7-11-19)27-15(30)9-8-14-12(2)25-18-26-16(20(21,22)23)28-29(18)13(14)3/h4-11H2,1-3H3,(H,24,31)(H,27,30). The third-order valence-corrected chi connectivity index (χ3v) is 5.76. The molecule has 0 bridgehead atoms. The van der Waals surface area contributed by atoms with Crippen molar-refractivity contribution in [3.8, 4) is 0 Å². The number of carbonyl (C=O) groups excluding carboxylic acids is 2. The fraction of sp³-hybridized carbons (Fsp3) is 0.650. The van der Waals surface area contributed by atoms with E-state index < -0.39 is 17.5 Å². The molecule has 31 heavy (non-hydrogen) atoms. The number of halogens is 3. The first-order valence-corrected chi connectivity index (χ1v) is 10.5. The predicted molar refractivity (Wildman–Crippen MR) is 106 cm³/mol. The molecule has 0 saturated heterocycles. The lowest BCUT2D eigenvalue weighted by Crippen LogP contribution is -2.59. The molecule has 2 heterocycles. The van der Waals surface area contributed by atoms with Gasteiger partial charge in [0.15, 0.2) is 0 Å². The molecule has 2 amide bonds. The van der Waals surface area contributed by atoms with Crippen LogP contribution in [0.1, 0.15) is 68.2 Å². The number of hydrogen-bond acceptors (Lipinski definition) is 5. The number of nitrogens with zero attached hydrogens (tertiary/aromatic N) is 4. The Morgan fingerprint density at radius 2 is 1.81 bits per heavy atom. The van der Waals surface area contributed by atoms with Gasteiger partial charge in [0.05, 0.1) is 0 Å². The summed E-state index contributed by atoms with van der Waals surface area (Å²) >= 11 is 0. The SMILES string of the molecule is CCNC(=O)C1(NC(=O)CCc2c(C)nc3nc(C(F)(F)F)nn3c2C)CCCCC1. The van der Waals surface area contributed by atoms with E-state index in [2.05, 4.69) is 25.7 Å². The van der Waals surface area contributed by atoms with Gasteiger partial charge in [0.25, 0.3) is 11.6 Å². The zero-order chi connectivity index (χ0) is 22.8. The highest BCUT2D eigenvalue weighted by Gasteiger charge is 2.40. The zero-order valence-corrected chi connectivity index (χ0v) is 17.9. The van der Waals surface area contributed by atoms with Crippen LogP contribution in [-0.4, -0.2) is 43.5 Å². The molecular formula is C20H27F3N6O2. The third-order valence-electron chi connectivity index (χ3n) is 5.76. The third kappa shape index (κ3) is 4.80. The summed E-state index contributed by atoms with van der Waals surface area (Å²) in [6.07, 6.45) is -0.380. The van der Waals surface area contributed by atoms with E-state index in [1.54, 1.807) is 13.8 Å². The zero-order valence-electron chi connectivity index (χ0n) is 17.9. The summed E-state index contributed by atoms with van der Waals surface area (Å²) in [5, 5.41) is 9.27. The van der Waals surface area contributed by atoms with Gasteiger partial charge in [-0.2, -0.15) is 18.2 Å². The number of aryl methyl sites for hydroxylation is 2. The second kappa shape index (κ2) is 8.80. The number of aromatic nitrogens is 4. The molecule has 0 spiro atoms. The van der Waals surface area contributed by atoms with Gasteiger partial charge in [0.1, 0.15) is 5.54 Å². The van der Waals surface area contributed by atoms with Crippen molar-refractivity contribution in [1.29, 1.82) is 0 Å². The molecule has 0 radical (unpaired) electrons. The Balaban J connectivity index is 1.76. The highest BCUT2D eigenvalue weighted by molar-refractivity contribution is 5.91. The maximum absolute atomic E-state index is 12.9. The molecule has 0 atom stereocenters. The van der Waals surface area contributed by atoms with Crippen LogP contribution in [0.15, 0.2) is 0 Å². The second-order valence-corrected chi connectivity index (χ2v) is 7.96. The normalized spacial score (nSPS) is 16.3. The smallest absolute Gasteiger partial charge is 0.354 e. The number of amides is 2. The number of likely N-dealkylation sites (N-methyl/N-ethyl adjacent to an activating group) is 1. The van der Waals surface area contributed by atoms with Crippen molar-refractivity contribution in [3.05, 3.63) is 22.8 Å². The van der Waals surface area contributed by atoms with Crippen LogP contribution in [0.25, 0.3) is 5.78 Å². The van der Waals surface area contributed by atoms with Crippen molar-refractivity contribution >= 4 is 17.6 Å². The molecule has 1 aliphatic rings. The lowest BCUT2D eigenvalue weighted by molar-refractivity contribution is -0.144. The quantitative estimate of drug-likeness (QED) is 0.719. The summed E-state index contributed by atoms with van der Waals surface area (Å²) in [5.41, 5.74) is 0.687. The molecule has 1 fully saturated rings. The Bertz CT molecular complexity index is 979. The Labute approximate surface area is 178 Å². The van der Waals surface area contributed by atoms with Crippen molar-refractivity contribution in [2.24, 2.45) is 0 Å². The van der Waals surface area contributed by atoms with E-state index in [1.807, 2.05) is 6.92 Å². The molecule has 8 nitrogen and oxygen atoms in total. The van der Waals surface area contributed by atoms with Crippen molar-refractivity contribution in [2.75, 3.05) is 6.54 Å². The summed E-state index contributed by atoms with van der Waals surface area (Å²) in [7, 11) is 0. The molecule has 3 rings (SSSR count). The van der Waals surface area contributed by atoms with Crippen LogP contribution in [-0.2, 0) is 22.2 Å². The minimum atomic E-state index is -4.67. The first-order chi connectivity index (χ1) is 14.6. The Kier molecular flexibility index (Phi) is 6.51. The van der Waals surface area contributed by atoms with E-state index in [-0.39, 0.29) is 30.4 Å². The maximum atomic E-state index is 12.9. The van der Waals surface area contributed by atoms with Gasteiger partial charge in [0, 0.05) is 24.4 Å². The van der Waals surface area contributed by atoms with Crippen LogP contribution in [0.2, 0.25) is 0 Å². The summed E-state index contributed by atoms with van der Waals surface area (Å²) in [6, 6.07) is 0. The molecule has 0 aromatic carbocycles. The Morgan fingerprint density at radius 1 is 1.13 bits per heavy atom. The number of fused-ring (bicyclic) bond motifs is 1. The molecule has 1 aliphatic carbocycles. The largest absolute Gasteiger partial charge is 0.453 e. The predicted octanol–water partition coefficient (Wildman–Crippen LogP) is 2.65. The van der Waals surface area contributed by atoms with Gasteiger partial charge in [-0.15, -0.1) is 5.10 Å². The van der Waals surface area contributed by atoms with Gasteiger partial charge < -0.3 is 10.6 Å². The summed E-state index contributed by atoms with van der Waals surface area (Å²) < 4.78 is 39.9. The number of carbonyl (C=O) groups is 2. The van der Waals surface area contributed by atoms with E-state index in [9.17, 15) is 22.8 Å². The average molecular weight is 440 g/mol. The minimum Gasteiger partial charge on any atom is -0.354 e. The molecule has 2 aromatic heterocycles. The summed E-state index contributed by atoms with van der Waals surface area (Å²) in [6.45, 7) is 5.61. The molecule has 2 aromatic rings. The highest BCUT2D eigenvalue weighted by atomic mass is 19.4. The maximum Gasteiger partial charge on any atom is 0.453 e. The molecule has 0 aliphatic heterocycles. The van der Waals surface area contributed by atoms with Crippen molar-refractivity contribution in [3.63, 3.8) is 0 Å². The van der Waals surface area contributed by atoms with Crippen LogP contribution in [0.3, 0.4) is 0 Å². The van der Waals surface area contributed by atoms with Crippen LogP contribution in [0, 0.1) is 13.8 Å². The van der Waals surface area contributed by atoms with Crippen molar-refractivity contribution in [2.45, 2.75) is 77.4 Å². The van der Waals surface area contributed by atoms with E-state index in [0.29, 0.717) is 36.3 Å². The number of rotatable bonds is 6. The van der Waals surface area contributed by atoms with Crippen LogP contribution in [0.5, 0.6) is 0 Å². The van der Waals surface area contributed by atoms with E-state index >= 15 is 0 Å². The van der Waals surface area contributed by atoms with E-state index in [1.165, 1.54) is 0 Å².